The third-order valence-electron chi connectivity index (χ3n) is 3.57. The molecule has 3 nitrogen and oxygen atoms in total. The highest BCUT2D eigenvalue weighted by Crippen LogP contribution is 2.23. The molecule has 0 aliphatic carbocycles. The van der Waals surface area contributed by atoms with Crippen LogP contribution in [0.25, 0.3) is 0 Å². The van der Waals surface area contributed by atoms with E-state index in [1.54, 1.807) is 6.07 Å². The Kier molecular flexibility index (Phi) is 5.47. The van der Waals surface area contributed by atoms with Crippen molar-refractivity contribution in [3.8, 4) is 0 Å². The van der Waals surface area contributed by atoms with Gasteiger partial charge in [-0.15, -0.1) is 0 Å². The Balaban J connectivity index is 2.11. The van der Waals surface area contributed by atoms with Crippen LogP contribution in [-0.2, 0) is 6.42 Å². The van der Waals surface area contributed by atoms with E-state index < -0.39 is 0 Å². The zero-order chi connectivity index (χ0) is 13.8. The van der Waals surface area contributed by atoms with Crippen LogP contribution in [0.2, 0.25) is 5.02 Å². The van der Waals surface area contributed by atoms with E-state index >= 15 is 0 Å². The molecule has 3 N–H and O–H groups in total. The van der Waals surface area contributed by atoms with Crippen LogP contribution < -0.4 is 11.3 Å². The van der Waals surface area contributed by atoms with Crippen molar-refractivity contribution in [1.29, 1.82) is 0 Å². The fourth-order valence-electron chi connectivity index (χ4n) is 2.37. The van der Waals surface area contributed by atoms with Crippen LogP contribution in [0.1, 0.15) is 5.56 Å². The summed E-state index contributed by atoms with van der Waals surface area (Å²) in [7, 11) is 2.10. The van der Waals surface area contributed by atoms with Gasteiger partial charge < -0.3 is 4.90 Å². The second kappa shape index (κ2) is 6.90. The molecule has 2 rings (SSSR count). The molecule has 0 saturated carbocycles. The number of halogens is 2. The van der Waals surface area contributed by atoms with Crippen molar-refractivity contribution in [2.75, 3.05) is 25.1 Å². The summed E-state index contributed by atoms with van der Waals surface area (Å²) in [6.07, 6.45) is 0.628. The van der Waals surface area contributed by atoms with Gasteiger partial charge in [-0.25, -0.2) is 4.39 Å². The van der Waals surface area contributed by atoms with E-state index in [9.17, 15) is 4.39 Å². The van der Waals surface area contributed by atoms with Gasteiger partial charge in [-0.05, 0) is 37.2 Å². The van der Waals surface area contributed by atoms with Crippen LogP contribution in [-0.4, -0.2) is 42.1 Å². The van der Waals surface area contributed by atoms with Gasteiger partial charge >= 0.3 is 0 Å². The maximum absolute atomic E-state index is 13.3. The molecule has 1 aromatic rings. The van der Waals surface area contributed by atoms with E-state index in [0.717, 1.165) is 23.6 Å². The lowest BCUT2D eigenvalue weighted by Gasteiger charge is -2.37. The maximum atomic E-state index is 13.3. The maximum Gasteiger partial charge on any atom is 0.123 e. The second-order valence-corrected chi connectivity index (χ2v) is 6.39. The van der Waals surface area contributed by atoms with Crippen molar-refractivity contribution >= 4 is 23.4 Å². The Hall–Kier alpha value is -0.330. The number of thioether (sulfide) groups is 1. The minimum absolute atomic E-state index is 0.0668. The van der Waals surface area contributed by atoms with E-state index in [1.807, 2.05) is 11.8 Å². The minimum Gasteiger partial charge on any atom is -0.300 e. The van der Waals surface area contributed by atoms with Gasteiger partial charge in [0.25, 0.3) is 0 Å². The first kappa shape index (κ1) is 15.1. The van der Waals surface area contributed by atoms with E-state index in [-0.39, 0.29) is 11.9 Å². The number of nitrogens with two attached hydrogens (primary N) is 1. The van der Waals surface area contributed by atoms with Crippen LogP contribution in [0.4, 0.5) is 4.39 Å². The predicted molar refractivity (Wildman–Crippen MR) is 80.0 cm³/mol. The monoisotopic (exact) mass is 303 g/mol. The largest absolute Gasteiger partial charge is 0.300 e. The Labute approximate surface area is 122 Å². The summed E-state index contributed by atoms with van der Waals surface area (Å²) in [5.74, 6) is 7.59. The molecule has 0 aromatic heterocycles. The number of nitrogens with one attached hydrogen (secondary N) is 1. The molecule has 1 aliphatic heterocycles. The molecule has 1 aromatic carbocycles. The molecule has 0 spiro atoms. The Morgan fingerprint density at radius 3 is 3.11 bits per heavy atom. The highest BCUT2D eigenvalue weighted by atomic mass is 35.5. The van der Waals surface area contributed by atoms with Gasteiger partial charge in [0.2, 0.25) is 0 Å². The molecule has 0 radical (unpaired) electrons. The molecule has 19 heavy (non-hydrogen) atoms. The van der Waals surface area contributed by atoms with Crippen molar-refractivity contribution < 1.29 is 4.39 Å². The molecule has 0 amide bonds. The van der Waals surface area contributed by atoms with Crippen molar-refractivity contribution in [3.05, 3.63) is 34.6 Å². The van der Waals surface area contributed by atoms with Crippen LogP contribution in [0.3, 0.4) is 0 Å². The molecule has 6 heteroatoms. The van der Waals surface area contributed by atoms with Gasteiger partial charge in [0.1, 0.15) is 5.82 Å². The van der Waals surface area contributed by atoms with E-state index in [2.05, 4.69) is 17.4 Å². The normalized spacial score (nSPS) is 22.4. The lowest BCUT2D eigenvalue weighted by molar-refractivity contribution is 0.214. The number of likely N-dealkylation sites (N-methyl/N-ethyl adjacent to an activating group) is 1. The standard InChI is InChI=1S/C13H19ClFN3S/c1-18-4-5-19-8-13(18)12(17-16)7-9-6-10(15)2-3-11(9)14/h2-3,6,12-13,17H,4-5,7-8,16H2,1H3. The number of hydrogen-bond donors (Lipinski definition) is 2. The third kappa shape index (κ3) is 3.83. The van der Waals surface area contributed by atoms with E-state index in [0.29, 0.717) is 17.5 Å². The van der Waals surface area contributed by atoms with Gasteiger partial charge in [-0.3, -0.25) is 11.3 Å². The number of hydrazine groups is 1. The van der Waals surface area contributed by atoms with Gasteiger partial charge in [0.05, 0.1) is 0 Å². The predicted octanol–water partition coefficient (Wildman–Crippen LogP) is 1.90. The summed E-state index contributed by atoms with van der Waals surface area (Å²) in [6.45, 7) is 1.05. The summed E-state index contributed by atoms with van der Waals surface area (Å²) >= 11 is 8.04. The Bertz CT molecular complexity index is 432. The number of rotatable bonds is 4. The fourth-order valence-corrected chi connectivity index (χ4v) is 3.88. The summed E-state index contributed by atoms with van der Waals surface area (Å²) in [6, 6.07) is 4.86. The van der Waals surface area contributed by atoms with Crippen molar-refractivity contribution in [1.82, 2.24) is 10.3 Å². The molecule has 106 valence electrons. The third-order valence-corrected chi connectivity index (χ3v) is 4.99. The lowest BCUT2D eigenvalue weighted by Crippen LogP contribution is -2.55. The molecule has 1 saturated heterocycles. The molecule has 1 heterocycles. The van der Waals surface area contributed by atoms with Crippen molar-refractivity contribution in [2.45, 2.75) is 18.5 Å². The number of hydrogen-bond acceptors (Lipinski definition) is 4. The minimum atomic E-state index is -0.262. The summed E-state index contributed by atoms with van der Waals surface area (Å²) in [5, 5.41) is 0.591. The zero-order valence-electron chi connectivity index (χ0n) is 10.9. The van der Waals surface area contributed by atoms with Gasteiger partial charge in [-0.1, -0.05) is 11.6 Å². The average molecular weight is 304 g/mol. The van der Waals surface area contributed by atoms with Crippen molar-refractivity contribution in [2.24, 2.45) is 5.84 Å². The molecule has 1 fully saturated rings. The highest BCUT2D eigenvalue weighted by molar-refractivity contribution is 7.99. The number of nitrogens with zero attached hydrogens (tertiary/aromatic N) is 1. The van der Waals surface area contributed by atoms with E-state index in [4.69, 9.17) is 17.4 Å². The highest BCUT2D eigenvalue weighted by Gasteiger charge is 2.27. The first-order chi connectivity index (χ1) is 9.11. The van der Waals surface area contributed by atoms with Gasteiger partial charge in [0.15, 0.2) is 0 Å². The molecule has 2 unspecified atom stereocenters. The quantitative estimate of drug-likeness (QED) is 0.658. The van der Waals surface area contributed by atoms with E-state index in [1.165, 1.54) is 12.1 Å². The summed E-state index contributed by atoms with van der Waals surface area (Å²) in [5.41, 5.74) is 3.66. The molecule has 0 bridgehead atoms. The Morgan fingerprint density at radius 1 is 1.63 bits per heavy atom. The van der Waals surface area contributed by atoms with Gasteiger partial charge in [-0.2, -0.15) is 11.8 Å². The van der Waals surface area contributed by atoms with Crippen molar-refractivity contribution in [3.63, 3.8) is 0 Å². The topological polar surface area (TPSA) is 41.3 Å². The zero-order valence-corrected chi connectivity index (χ0v) is 12.5. The first-order valence-corrected chi connectivity index (χ1v) is 7.83. The molecular weight excluding hydrogens is 285 g/mol. The smallest absolute Gasteiger partial charge is 0.123 e. The van der Waals surface area contributed by atoms with Gasteiger partial charge in [0, 0.05) is 35.2 Å². The average Bonchev–Trinajstić information content (AvgIpc) is 2.41. The SMILES string of the molecule is CN1CCSCC1C(Cc1cc(F)ccc1Cl)NN. The fraction of sp³-hybridized carbons (Fsp3) is 0.538. The molecule has 2 atom stereocenters. The van der Waals surface area contributed by atoms with Crippen LogP contribution in [0, 0.1) is 5.82 Å². The Morgan fingerprint density at radius 2 is 2.42 bits per heavy atom. The van der Waals surface area contributed by atoms with Crippen LogP contribution in [0.5, 0.6) is 0 Å². The molecule has 1 aliphatic rings. The number of benzene rings is 1. The summed E-state index contributed by atoms with van der Waals surface area (Å²) in [4.78, 5) is 2.30. The van der Waals surface area contributed by atoms with Crippen LogP contribution >= 0.6 is 23.4 Å². The second-order valence-electron chi connectivity index (χ2n) is 4.84. The first-order valence-electron chi connectivity index (χ1n) is 6.30. The summed E-state index contributed by atoms with van der Waals surface area (Å²) < 4.78 is 13.3. The van der Waals surface area contributed by atoms with Crippen LogP contribution in [0.15, 0.2) is 18.2 Å². The molecular formula is C13H19ClFN3S. The lowest BCUT2D eigenvalue weighted by atomic mass is 9.99.